The van der Waals surface area contributed by atoms with Crippen molar-refractivity contribution in [3.63, 3.8) is 0 Å². The van der Waals surface area contributed by atoms with Gasteiger partial charge in [0.05, 0.1) is 11.5 Å². The molecule has 2 atom stereocenters. The number of anilines is 1. The zero-order chi connectivity index (χ0) is 14.8. The van der Waals surface area contributed by atoms with E-state index in [2.05, 4.69) is 12.1 Å². The summed E-state index contributed by atoms with van der Waals surface area (Å²) in [7, 11) is 1.84. The first kappa shape index (κ1) is 14.9. The Kier molecular flexibility index (Phi) is 4.51. The van der Waals surface area contributed by atoms with Gasteiger partial charge in [0, 0.05) is 25.8 Å². The molecule has 21 heavy (non-hydrogen) atoms. The van der Waals surface area contributed by atoms with Gasteiger partial charge >= 0.3 is 0 Å². The molecule has 1 aromatic carbocycles. The molecular weight excluding hydrogens is 286 g/mol. The molecule has 114 valence electrons. The normalized spacial score (nSPS) is 23.2. The van der Waals surface area contributed by atoms with Crippen LogP contribution < -0.4 is 4.90 Å². The van der Waals surface area contributed by atoms with Gasteiger partial charge in [-0.25, -0.2) is 0 Å². The number of alkyl halides is 1. The second kappa shape index (κ2) is 6.37. The molecule has 1 amide bonds. The minimum atomic E-state index is 0.0300. The molecule has 2 unspecified atom stereocenters. The maximum atomic E-state index is 11.7. The van der Waals surface area contributed by atoms with Gasteiger partial charge in [0.1, 0.15) is 0 Å². The summed E-state index contributed by atoms with van der Waals surface area (Å²) in [5.74, 6) is 0.191. The molecule has 0 aromatic heterocycles. The third-order valence-corrected chi connectivity index (χ3v) is 5.05. The molecule has 2 aliphatic heterocycles. The van der Waals surface area contributed by atoms with Gasteiger partial charge in [-0.05, 0) is 49.3 Å². The predicted molar refractivity (Wildman–Crippen MR) is 85.0 cm³/mol. The van der Waals surface area contributed by atoms with Crippen LogP contribution >= 0.6 is 11.6 Å². The van der Waals surface area contributed by atoms with Crippen LogP contribution in [0.5, 0.6) is 0 Å². The Morgan fingerprint density at radius 1 is 1.43 bits per heavy atom. The summed E-state index contributed by atoms with van der Waals surface area (Å²) in [4.78, 5) is 13.5. The van der Waals surface area contributed by atoms with E-state index in [1.807, 2.05) is 13.1 Å². The summed E-state index contributed by atoms with van der Waals surface area (Å²) in [6.07, 6.45) is 6.13. The highest BCUT2D eigenvalue weighted by Crippen LogP contribution is 2.34. The van der Waals surface area contributed by atoms with E-state index in [1.165, 1.54) is 18.4 Å². The largest absolute Gasteiger partial charge is 0.378 e. The monoisotopic (exact) mass is 307 g/mol. The van der Waals surface area contributed by atoms with Crippen molar-refractivity contribution in [2.75, 3.05) is 18.6 Å². The summed E-state index contributed by atoms with van der Waals surface area (Å²) < 4.78 is 5.65. The maximum Gasteiger partial charge on any atom is 0.227 e. The van der Waals surface area contributed by atoms with Gasteiger partial charge in [-0.15, -0.1) is 11.6 Å². The van der Waals surface area contributed by atoms with Crippen molar-refractivity contribution in [3.05, 3.63) is 29.3 Å². The molecule has 0 radical (unpaired) electrons. The Morgan fingerprint density at radius 3 is 3.05 bits per heavy atom. The van der Waals surface area contributed by atoms with Crippen LogP contribution in [-0.2, 0) is 16.0 Å². The van der Waals surface area contributed by atoms with Crippen LogP contribution in [0.25, 0.3) is 0 Å². The van der Waals surface area contributed by atoms with Crippen molar-refractivity contribution in [1.29, 1.82) is 0 Å². The van der Waals surface area contributed by atoms with Crippen molar-refractivity contribution in [2.24, 2.45) is 0 Å². The maximum absolute atomic E-state index is 11.7. The minimum absolute atomic E-state index is 0.0300. The molecule has 2 aliphatic rings. The zero-order valence-electron chi connectivity index (χ0n) is 12.5. The summed E-state index contributed by atoms with van der Waals surface area (Å²) in [6.45, 7) is 0.900. The highest BCUT2D eigenvalue weighted by Gasteiger charge is 2.22. The van der Waals surface area contributed by atoms with Gasteiger partial charge in [0.25, 0.3) is 0 Å². The number of amides is 1. The lowest BCUT2D eigenvalue weighted by Crippen LogP contribution is -2.31. The first-order valence-corrected chi connectivity index (χ1v) is 8.24. The highest BCUT2D eigenvalue weighted by atomic mass is 35.5. The third-order valence-electron chi connectivity index (χ3n) is 4.57. The molecule has 4 heteroatoms. The van der Waals surface area contributed by atoms with Crippen molar-refractivity contribution in [3.8, 4) is 0 Å². The second-order valence-corrected chi connectivity index (χ2v) is 6.55. The average Bonchev–Trinajstić information content (AvgIpc) is 3.01. The Bertz CT molecular complexity index is 526. The smallest absolute Gasteiger partial charge is 0.227 e. The van der Waals surface area contributed by atoms with Gasteiger partial charge in [-0.1, -0.05) is 12.1 Å². The van der Waals surface area contributed by atoms with E-state index in [0.29, 0.717) is 12.5 Å². The van der Waals surface area contributed by atoms with Crippen LogP contribution in [-0.4, -0.2) is 25.7 Å². The quantitative estimate of drug-likeness (QED) is 0.791. The number of aryl methyl sites for hydroxylation is 1. The fourth-order valence-electron chi connectivity index (χ4n) is 3.24. The van der Waals surface area contributed by atoms with E-state index in [9.17, 15) is 4.79 Å². The van der Waals surface area contributed by atoms with Crippen LogP contribution in [0.2, 0.25) is 0 Å². The van der Waals surface area contributed by atoms with E-state index < -0.39 is 0 Å². The average molecular weight is 308 g/mol. The van der Waals surface area contributed by atoms with Gasteiger partial charge < -0.3 is 9.64 Å². The van der Waals surface area contributed by atoms with E-state index in [4.69, 9.17) is 16.3 Å². The Morgan fingerprint density at radius 2 is 2.29 bits per heavy atom. The molecule has 1 aromatic rings. The van der Waals surface area contributed by atoms with Crippen LogP contribution in [0.4, 0.5) is 5.69 Å². The van der Waals surface area contributed by atoms with Crippen molar-refractivity contribution >= 4 is 23.2 Å². The van der Waals surface area contributed by atoms with E-state index in [-0.39, 0.29) is 11.3 Å². The van der Waals surface area contributed by atoms with Gasteiger partial charge in [-0.3, -0.25) is 4.79 Å². The first-order valence-electron chi connectivity index (χ1n) is 7.80. The molecule has 0 aliphatic carbocycles. The number of nitrogens with zero attached hydrogens (tertiary/aromatic N) is 1. The minimum Gasteiger partial charge on any atom is -0.378 e. The SMILES string of the molecule is CN1C(=O)CCc2cc(C(Cl)CCC3CCCO3)ccc21. The number of carbonyl (C=O) groups is 1. The van der Waals surface area contributed by atoms with E-state index in [1.54, 1.807) is 4.90 Å². The summed E-state index contributed by atoms with van der Waals surface area (Å²) in [5.41, 5.74) is 3.42. The molecule has 3 nitrogen and oxygen atoms in total. The van der Waals surface area contributed by atoms with Crippen molar-refractivity contribution in [2.45, 2.75) is 50.0 Å². The molecule has 1 saturated heterocycles. The summed E-state index contributed by atoms with van der Waals surface area (Å²) >= 11 is 6.56. The number of halogens is 1. The Balaban J connectivity index is 1.66. The number of ether oxygens (including phenoxy) is 1. The van der Waals surface area contributed by atoms with Gasteiger partial charge in [0.2, 0.25) is 5.91 Å². The van der Waals surface area contributed by atoms with Gasteiger partial charge in [-0.2, -0.15) is 0 Å². The molecule has 2 heterocycles. The second-order valence-electron chi connectivity index (χ2n) is 6.02. The van der Waals surface area contributed by atoms with Crippen molar-refractivity contribution in [1.82, 2.24) is 0 Å². The molecule has 0 saturated carbocycles. The lowest BCUT2D eigenvalue weighted by molar-refractivity contribution is -0.118. The fraction of sp³-hybridized carbons (Fsp3) is 0.588. The summed E-state index contributed by atoms with van der Waals surface area (Å²) in [6, 6.07) is 6.26. The molecule has 0 bridgehead atoms. The number of hydrogen-bond acceptors (Lipinski definition) is 2. The molecular formula is C17H22ClNO2. The highest BCUT2D eigenvalue weighted by molar-refractivity contribution is 6.20. The van der Waals surface area contributed by atoms with Crippen LogP contribution in [0.3, 0.4) is 0 Å². The van der Waals surface area contributed by atoms with Crippen molar-refractivity contribution < 1.29 is 9.53 Å². The van der Waals surface area contributed by atoms with Gasteiger partial charge in [0.15, 0.2) is 0 Å². The van der Waals surface area contributed by atoms with E-state index in [0.717, 1.165) is 37.1 Å². The Labute approximate surface area is 131 Å². The number of hydrogen-bond donors (Lipinski definition) is 0. The third kappa shape index (κ3) is 3.24. The molecule has 3 rings (SSSR count). The number of benzene rings is 1. The lowest BCUT2D eigenvalue weighted by Gasteiger charge is -2.26. The predicted octanol–water partition coefficient (Wildman–Crippen LogP) is 3.83. The van der Waals surface area contributed by atoms with E-state index >= 15 is 0 Å². The topological polar surface area (TPSA) is 29.5 Å². The number of rotatable bonds is 4. The van der Waals surface area contributed by atoms with Crippen LogP contribution in [0, 0.1) is 0 Å². The first-order chi connectivity index (χ1) is 10.1. The number of fused-ring (bicyclic) bond motifs is 1. The molecule has 0 N–H and O–H groups in total. The number of carbonyl (C=O) groups excluding carboxylic acids is 1. The van der Waals surface area contributed by atoms with Crippen LogP contribution in [0.15, 0.2) is 18.2 Å². The van der Waals surface area contributed by atoms with Crippen LogP contribution in [0.1, 0.15) is 48.6 Å². The fourth-order valence-corrected chi connectivity index (χ4v) is 3.50. The standard InChI is InChI=1S/C17H22ClNO2/c1-19-16-8-4-12(11-13(16)5-9-17(19)20)15(18)7-6-14-3-2-10-21-14/h4,8,11,14-15H,2-3,5-7,9-10H2,1H3. The Hall–Kier alpha value is -1.06. The lowest BCUT2D eigenvalue weighted by atomic mass is 9.96. The molecule has 1 fully saturated rings. The summed E-state index contributed by atoms with van der Waals surface area (Å²) in [5, 5.41) is 0.0300. The zero-order valence-corrected chi connectivity index (χ0v) is 13.2. The molecule has 0 spiro atoms.